The average Bonchev–Trinajstić information content (AvgIpc) is 2.07. The predicted molar refractivity (Wildman–Crippen MR) is 55.0 cm³/mol. The number of aryl methyl sites for hydroxylation is 1. The van der Waals surface area contributed by atoms with Crippen LogP contribution in [0, 0.1) is 6.92 Å². The van der Waals surface area contributed by atoms with Crippen LogP contribution in [0.1, 0.15) is 18.1 Å². The van der Waals surface area contributed by atoms with Gasteiger partial charge in [0.2, 0.25) is 0 Å². The number of hydrogen-bond acceptors (Lipinski definition) is 2. The molecule has 14 heavy (non-hydrogen) atoms. The van der Waals surface area contributed by atoms with Crippen molar-refractivity contribution in [2.24, 2.45) is 5.73 Å². The van der Waals surface area contributed by atoms with Gasteiger partial charge in [-0.2, -0.15) is 0 Å². The Morgan fingerprint density at radius 2 is 2.00 bits per heavy atom. The Morgan fingerprint density at radius 3 is 2.50 bits per heavy atom. The van der Waals surface area contributed by atoms with Crippen LogP contribution in [0.15, 0.2) is 24.3 Å². The van der Waals surface area contributed by atoms with Gasteiger partial charge in [0.1, 0.15) is 6.10 Å². The van der Waals surface area contributed by atoms with Crippen molar-refractivity contribution in [2.75, 3.05) is 0 Å². The van der Waals surface area contributed by atoms with Crippen LogP contribution in [0.2, 0.25) is 0 Å². The Labute approximate surface area is 83.9 Å². The van der Waals surface area contributed by atoms with E-state index in [9.17, 15) is 4.79 Å². The predicted octanol–water partition coefficient (Wildman–Crippen LogP) is 2.02. The number of carbonyl (C=O) groups is 1. The number of hydrogen-bond donors (Lipinski definition) is 1. The summed E-state index contributed by atoms with van der Waals surface area (Å²) in [5.41, 5.74) is 7.27. The molecular formula is C11H15NO2. The van der Waals surface area contributed by atoms with Crippen molar-refractivity contribution < 1.29 is 9.53 Å². The van der Waals surface area contributed by atoms with Gasteiger partial charge in [0.25, 0.3) is 0 Å². The molecule has 1 aromatic carbocycles. The molecular weight excluding hydrogens is 178 g/mol. The van der Waals surface area contributed by atoms with E-state index in [4.69, 9.17) is 10.5 Å². The fourth-order valence-electron chi connectivity index (χ4n) is 1.30. The molecule has 3 nitrogen and oxygen atoms in total. The summed E-state index contributed by atoms with van der Waals surface area (Å²) >= 11 is 0. The summed E-state index contributed by atoms with van der Waals surface area (Å²) in [6.07, 6.45) is -0.191. The third-order valence-electron chi connectivity index (χ3n) is 1.96. The summed E-state index contributed by atoms with van der Waals surface area (Å²) in [5.74, 6) is 0. The van der Waals surface area contributed by atoms with Gasteiger partial charge in [0, 0.05) is 6.42 Å². The zero-order chi connectivity index (χ0) is 10.6. The van der Waals surface area contributed by atoms with E-state index < -0.39 is 6.09 Å². The van der Waals surface area contributed by atoms with Gasteiger partial charge in [-0.15, -0.1) is 0 Å². The lowest BCUT2D eigenvalue weighted by Gasteiger charge is -2.11. The summed E-state index contributed by atoms with van der Waals surface area (Å²) in [7, 11) is 0. The highest BCUT2D eigenvalue weighted by atomic mass is 16.6. The van der Waals surface area contributed by atoms with Crippen LogP contribution in [-0.2, 0) is 11.2 Å². The molecule has 0 heterocycles. The Hall–Kier alpha value is -1.51. The lowest BCUT2D eigenvalue weighted by molar-refractivity contribution is 0.116. The molecule has 0 radical (unpaired) electrons. The number of amides is 1. The van der Waals surface area contributed by atoms with Crippen molar-refractivity contribution in [3.05, 3.63) is 35.4 Å². The maximum absolute atomic E-state index is 10.5. The van der Waals surface area contributed by atoms with E-state index in [2.05, 4.69) is 0 Å². The van der Waals surface area contributed by atoms with Gasteiger partial charge >= 0.3 is 6.09 Å². The molecule has 1 unspecified atom stereocenters. The van der Waals surface area contributed by atoms with E-state index in [1.54, 1.807) is 0 Å². The second kappa shape index (κ2) is 4.65. The molecule has 0 spiro atoms. The fourth-order valence-corrected chi connectivity index (χ4v) is 1.30. The maximum atomic E-state index is 10.5. The van der Waals surface area contributed by atoms with Crippen LogP contribution in [0.4, 0.5) is 4.79 Å². The molecule has 76 valence electrons. The molecule has 2 N–H and O–H groups in total. The van der Waals surface area contributed by atoms with E-state index in [-0.39, 0.29) is 6.10 Å². The number of primary amides is 1. The number of nitrogens with two attached hydrogens (primary N) is 1. The summed E-state index contributed by atoms with van der Waals surface area (Å²) < 4.78 is 4.82. The number of ether oxygens (including phenoxy) is 1. The van der Waals surface area contributed by atoms with Gasteiger partial charge in [-0.05, 0) is 19.4 Å². The summed E-state index contributed by atoms with van der Waals surface area (Å²) in [4.78, 5) is 10.5. The second-order valence-electron chi connectivity index (χ2n) is 3.44. The van der Waals surface area contributed by atoms with Gasteiger partial charge < -0.3 is 10.5 Å². The molecule has 0 saturated carbocycles. The fraction of sp³-hybridized carbons (Fsp3) is 0.364. The normalized spacial score (nSPS) is 12.1. The quantitative estimate of drug-likeness (QED) is 0.798. The molecule has 0 saturated heterocycles. The maximum Gasteiger partial charge on any atom is 0.404 e. The van der Waals surface area contributed by atoms with E-state index >= 15 is 0 Å². The van der Waals surface area contributed by atoms with Crippen molar-refractivity contribution in [2.45, 2.75) is 26.4 Å². The molecule has 0 aromatic heterocycles. The van der Waals surface area contributed by atoms with Gasteiger partial charge in [-0.25, -0.2) is 4.79 Å². The van der Waals surface area contributed by atoms with Crippen LogP contribution in [0.5, 0.6) is 0 Å². The number of carbonyl (C=O) groups excluding carboxylic acids is 1. The van der Waals surface area contributed by atoms with Crippen molar-refractivity contribution in [1.82, 2.24) is 0 Å². The van der Waals surface area contributed by atoms with Gasteiger partial charge in [0.15, 0.2) is 0 Å². The Balaban J connectivity index is 2.51. The number of rotatable bonds is 3. The van der Waals surface area contributed by atoms with Crippen LogP contribution < -0.4 is 5.73 Å². The Kier molecular flexibility index (Phi) is 3.51. The van der Waals surface area contributed by atoms with Crippen molar-refractivity contribution in [3.63, 3.8) is 0 Å². The molecule has 1 rings (SSSR count). The van der Waals surface area contributed by atoms with Crippen LogP contribution in [-0.4, -0.2) is 12.2 Å². The highest BCUT2D eigenvalue weighted by molar-refractivity contribution is 5.64. The van der Waals surface area contributed by atoms with Gasteiger partial charge in [-0.1, -0.05) is 29.8 Å². The minimum absolute atomic E-state index is 0.171. The molecule has 0 aliphatic rings. The van der Waals surface area contributed by atoms with Crippen molar-refractivity contribution >= 4 is 6.09 Å². The second-order valence-corrected chi connectivity index (χ2v) is 3.44. The zero-order valence-corrected chi connectivity index (χ0v) is 8.49. The third-order valence-corrected chi connectivity index (χ3v) is 1.96. The van der Waals surface area contributed by atoms with Crippen molar-refractivity contribution in [3.8, 4) is 0 Å². The molecule has 1 amide bonds. The highest BCUT2D eigenvalue weighted by Crippen LogP contribution is 2.07. The van der Waals surface area contributed by atoms with Crippen LogP contribution in [0.25, 0.3) is 0 Å². The molecule has 0 aliphatic carbocycles. The van der Waals surface area contributed by atoms with E-state index in [0.29, 0.717) is 6.42 Å². The lowest BCUT2D eigenvalue weighted by atomic mass is 10.1. The third kappa shape index (κ3) is 3.47. The molecule has 1 atom stereocenters. The molecule has 1 aromatic rings. The summed E-state index contributed by atoms with van der Waals surface area (Å²) in [6.45, 7) is 3.86. The number of benzene rings is 1. The highest BCUT2D eigenvalue weighted by Gasteiger charge is 2.06. The average molecular weight is 193 g/mol. The lowest BCUT2D eigenvalue weighted by Crippen LogP contribution is -2.21. The standard InChI is InChI=1S/C11H15NO2/c1-8-3-5-10(6-4-8)7-9(2)14-11(12)13/h3-6,9H,7H2,1-2H3,(H2,12,13). The van der Waals surface area contributed by atoms with E-state index in [0.717, 1.165) is 5.56 Å². The molecule has 3 heteroatoms. The SMILES string of the molecule is Cc1ccc(CC(C)OC(N)=O)cc1. The summed E-state index contributed by atoms with van der Waals surface area (Å²) in [6, 6.07) is 8.12. The molecule has 0 bridgehead atoms. The zero-order valence-electron chi connectivity index (χ0n) is 8.49. The first-order chi connectivity index (χ1) is 6.58. The van der Waals surface area contributed by atoms with Crippen molar-refractivity contribution in [1.29, 1.82) is 0 Å². The van der Waals surface area contributed by atoms with E-state index in [1.807, 2.05) is 38.1 Å². The molecule has 0 fully saturated rings. The first-order valence-corrected chi connectivity index (χ1v) is 4.59. The Bertz CT molecular complexity index is 306. The van der Waals surface area contributed by atoms with Crippen LogP contribution in [0.3, 0.4) is 0 Å². The monoisotopic (exact) mass is 193 g/mol. The topological polar surface area (TPSA) is 52.3 Å². The summed E-state index contributed by atoms with van der Waals surface area (Å²) in [5, 5.41) is 0. The first kappa shape index (κ1) is 10.6. The Morgan fingerprint density at radius 1 is 1.43 bits per heavy atom. The smallest absolute Gasteiger partial charge is 0.404 e. The van der Waals surface area contributed by atoms with E-state index in [1.165, 1.54) is 5.56 Å². The van der Waals surface area contributed by atoms with Gasteiger partial charge in [0.05, 0.1) is 0 Å². The largest absolute Gasteiger partial charge is 0.446 e. The molecule has 0 aliphatic heterocycles. The minimum atomic E-state index is -0.718. The first-order valence-electron chi connectivity index (χ1n) is 4.59. The van der Waals surface area contributed by atoms with Crippen LogP contribution >= 0.6 is 0 Å². The van der Waals surface area contributed by atoms with Gasteiger partial charge in [-0.3, -0.25) is 0 Å². The minimum Gasteiger partial charge on any atom is -0.446 e.